The Morgan fingerprint density at radius 3 is 2.18 bits per heavy atom. The molecule has 0 aliphatic rings. The molecular weight excluding hydrogens is 480 g/mol. The number of rotatable bonds is 1. The van der Waals surface area contributed by atoms with Crippen LogP contribution in [0.1, 0.15) is 0 Å². The number of nitrogens with zero attached hydrogens (tertiary/aromatic N) is 2. The Morgan fingerprint density at radius 1 is 0.553 bits per heavy atom. The van der Waals surface area contributed by atoms with Crippen LogP contribution in [-0.4, -0.2) is 9.55 Å². The van der Waals surface area contributed by atoms with Gasteiger partial charge in [0.05, 0.1) is 11.0 Å². The van der Waals surface area contributed by atoms with Crippen LogP contribution in [0.2, 0.25) is 0 Å². The number of aromatic nitrogens is 2. The number of benzene rings is 6. The van der Waals surface area contributed by atoms with Gasteiger partial charge in [0.2, 0.25) is 0 Å². The fraction of sp³-hybridized carbons (Fsp3) is 0. The average Bonchev–Trinajstić information content (AvgIpc) is 3.52. The van der Waals surface area contributed by atoms with Crippen LogP contribution in [0.4, 0.5) is 0 Å². The Bertz CT molecular complexity index is 2410. The Hall–Kier alpha value is -4.73. The molecule has 0 spiro atoms. The quantitative estimate of drug-likeness (QED) is 0.205. The molecule has 6 aromatic carbocycles. The van der Waals surface area contributed by atoms with E-state index < -0.39 is 0 Å². The zero-order valence-corrected chi connectivity index (χ0v) is 21.2. The molecule has 9 aromatic rings. The Kier molecular flexibility index (Phi) is 3.96. The minimum absolute atomic E-state index is 1.18. The zero-order valence-electron chi connectivity index (χ0n) is 20.3. The summed E-state index contributed by atoms with van der Waals surface area (Å²) >= 11 is 1.87. The van der Waals surface area contributed by atoms with Crippen LogP contribution in [0.3, 0.4) is 0 Å². The van der Waals surface area contributed by atoms with Crippen molar-refractivity contribution >= 4 is 85.6 Å². The molecule has 0 radical (unpaired) electrons. The van der Waals surface area contributed by atoms with Gasteiger partial charge in [0.15, 0.2) is 0 Å². The molecule has 0 bridgehead atoms. The third kappa shape index (κ3) is 2.64. The maximum absolute atomic E-state index is 4.54. The van der Waals surface area contributed by atoms with Crippen molar-refractivity contribution in [2.75, 3.05) is 0 Å². The molecule has 0 amide bonds. The highest BCUT2D eigenvalue weighted by atomic mass is 32.1. The lowest BCUT2D eigenvalue weighted by Gasteiger charge is -2.12. The van der Waals surface area contributed by atoms with Crippen LogP contribution < -0.4 is 0 Å². The standard InChI is InChI=1S/C35H20N2S/c1-2-8-22-18-24-19-25(14-13-23(24)17-21(22)7-1)37-30-11-5-3-9-27(30)32-26-15-16-36-20-29(26)35-33(34(32)37)28-10-4-6-12-31(28)38-35/h1-20H. The number of thiophene rings is 1. The van der Waals surface area contributed by atoms with Gasteiger partial charge >= 0.3 is 0 Å². The molecule has 0 unspecified atom stereocenters. The van der Waals surface area contributed by atoms with Crippen LogP contribution in [-0.2, 0) is 0 Å². The second-order valence-corrected chi connectivity index (χ2v) is 11.1. The summed E-state index contributed by atoms with van der Waals surface area (Å²) in [5, 5.41) is 12.7. The summed E-state index contributed by atoms with van der Waals surface area (Å²) in [5.41, 5.74) is 3.69. The summed E-state index contributed by atoms with van der Waals surface area (Å²) in [7, 11) is 0. The smallest absolute Gasteiger partial charge is 0.0640 e. The van der Waals surface area contributed by atoms with Crippen LogP contribution in [0.25, 0.3) is 80.0 Å². The molecule has 3 aromatic heterocycles. The van der Waals surface area contributed by atoms with Crippen molar-refractivity contribution in [1.29, 1.82) is 0 Å². The van der Waals surface area contributed by atoms with E-state index in [1.54, 1.807) is 0 Å². The van der Waals surface area contributed by atoms with E-state index >= 15 is 0 Å². The maximum atomic E-state index is 4.54. The van der Waals surface area contributed by atoms with E-state index in [9.17, 15) is 0 Å². The van der Waals surface area contributed by atoms with Gasteiger partial charge in [-0.25, -0.2) is 0 Å². The molecule has 0 fully saturated rings. The van der Waals surface area contributed by atoms with Gasteiger partial charge in [-0.2, -0.15) is 0 Å². The van der Waals surface area contributed by atoms with Crippen molar-refractivity contribution in [2.24, 2.45) is 0 Å². The SMILES string of the molecule is c1ccc2cc3cc(-n4c5ccccc5c5c6ccncc6c6sc7ccccc7c6c54)ccc3cc2c1. The molecular formula is C35H20N2S. The summed E-state index contributed by atoms with van der Waals surface area (Å²) in [6.07, 6.45) is 3.97. The molecule has 3 heterocycles. The first-order chi connectivity index (χ1) is 18.8. The van der Waals surface area contributed by atoms with Crippen molar-refractivity contribution in [3.05, 3.63) is 122 Å². The lowest BCUT2D eigenvalue weighted by molar-refractivity contribution is 1.19. The molecule has 0 saturated carbocycles. The third-order valence-corrected chi connectivity index (χ3v) is 9.19. The molecule has 0 aliphatic heterocycles. The van der Waals surface area contributed by atoms with Gasteiger partial charge in [-0.15, -0.1) is 11.3 Å². The van der Waals surface area contributed by atoms with Crippen molar-refractivity contribution in [1.82, 2.24) is 9.55 Å². The summed E-state index contributed by atoms with van der Waals surface area (Å²) < 4.78 is 5.10. The predicted molar refractivity (Wildman–Crippen MR) is 164 cm³/mol. The van der Waals surface area contributed by atoms with E-state index in [1.165, 1.54) is 80.0 Å². The molecule has 0 aliphatic carbocycles. The van der Waals surface area contributed by atoms with Crippen LogP contribution in [0.5, 0.6) is 0 Å². The number of fused-ring (bicyclic) bond motifs is 12. The second kappa shape index (κ2) is 7.41. The van der Waals surface area contributed by atoms with Gasteiger partial charge in [0, 0.05) is 54.4 Å². The Labute approximate surface area is 222 Å². The number of hydrogen-bond acceptors (Lipinski definition) is 2. The second-order valence-electron chi connectivity index (χ2n) is 10.0. The molecule has 0 N–H and O–H groups in total. The van der Waals surface area contributed by atoms with Crippen LogP contribution in [0.15, 0.2) is 122 Å². The minimum Gasteiger partial charge on any atom is -0.309 e. The highest BCUT2D eigenvalue weighted by molar-refractivity contribution is 7.27. The maximum Gasteiger partial charge on any atom is 0.0640 e. The molecule has 3 heteroatoms. The van der Waals surface area contributed by atoms with E-state index in [0.29, 0.717) is 0 Å². The van der Waals surface area contributed by atoms with Crippen molar-refractivity contribution < 1.29 is 0 Å². The topological polar surface area (TPSA) is 17.8 Å². The zero-order chi connectivity index (χ0) is 24.8. The highest BCUT2D eigenvalue weighted by Gasteiger charge is 2.21. The Morgan fingerprint density at radius 2 is 1.29 bits per heavy atom. The molecule has 2 nitrogen and oxygen atoms in total. The normalized spacial score (nSPS) is 12.2. The van der Waals surface area contributed by atoms with Gasteiger partial charge in [-0.1, -0.05) is 66.7 Å². The first kappa shape index (κ1) is 20.3. The Balaban J connectivity index is 1.53. The van der Waals surface area contributed by atoms with Crippen molar-refractivity contribution in [3.8, 4) is 5.69 Å². The van der Waals surface area contributed by atoms with E-state index in [-0.39, 0.29) is 0 Å². The van der Waals surface area contributed by atoms with Crippen LogP contribution >= 0.6 is 11.3 Å². The van der Waals surface area contributed by atoms with Crippen molar-refractivity contribution in [2.45, 2.75) is 0 Å². The number of para-hydroxylation sites is 1. The molecule has 9 rings (SSSR count). The summed E-state index contributed by atoms with van der Waals surface area (Å²) in [5.74, 6) is 0. The summed E-state index contributed by atoms with van der Waals surface area (Å²) in [6.45, 7) is 0. The lowest BCUT2D eigenvalue weighted by Crippen LogP contribution is -1.94. The minimum atomic E-state index is 1.18. The van der Waals surface area contributed by atoms with Crippen LogP contribution in [0, 0.1) is 0 Å². The fourth-order valence-electron chi connectivity index (χ4n) is 6.35. The van der Waals surface area contributed by atoms with E-state index in [4.69, 9.17) is 0 Å². The van der Waals surface area contributed by atoms with Crippen molar-refractivity contribution in [3.63, 3.8) is 0 Å². The molecule has 176 valence electrons. The molecule has 0 atom stereocenters. The number of hydrogen-bond donors (Lipinski definition) is 0. The van der Waals surface area contributed by atoms with Gasteiger partial charge in [-0.05, 0) is 69.4 Å². The average molecular weight is 501 g/mol. The largest absolute Gasteiger partial charge is 0.309 e. The first-order valence-electron chi connectivity index (χ1n) is 12.9. The summed E-state index contributed by atoms with van der Waals surface area (Å²) in [6, 6.07) is 39.9. The highest BCUT2D eigenvalue weighted by Crippen LogP contribution is 2.47. The fourth-order valence-corrected chi connectivity index (χ4v) is 7.58. The van der Waals surface area contributed by atoms with Gasteiger partial charge in [-0.3, -0.25) is 4.98 Å². The van der Waals surface area contributed by atoms with Gasteiger partial charge in [0.25, 0.3) is 0 Å². The summed E-state index contributed by atoms with van der Waals surface area (Å²) in [4.78, 5) is 4.54. The van der Waals surface area contributed by atoms with Gasteiger partial charge < -0.3 is 4.57 Å². The van der Waals surface area contributed by atoms with E-state index in [2.05, 4.69) is 119 Å². The van der Waals surface area contributed by atoms with Gasteiger partial charge in [0.1, 0.15) is 0 Å². The van der Waals surface area contributed by atoms with E-state index in [0.717, 1.165) is 0 Å². The first-order valence-corrected chi connectivity index (χ1v) is 13.7. The lowest BCUT2D eigenvalue weighted by atomic mass is 10.0. The van der Waals surface area contributed by atoms with E-state index in [1.807, 2.05) is 23.7 Å². The molecule has 38 heavy (non-hydrogen) atoms. The number of pyridine rings is 1. The predicted octanol–water partition coefficient (Wildman–Crippen LogP) is 10.0. The third-order valence-electron chi connectivity index (χ3n) is 7.99. The molecule has 0 saturated heterocycles. The monoisotopic (exact) mass is 500 g/mol.